The molecule has 1 aliphatic carbocycles. The largest absolute Gasteiger partial charge is 0.496 e. The van der Waals surface area contributed by atoms with Crippen molar-refractivity contribution in [3.8, 4) is 0 Å². The molecule has 2 aliphatic rings. The third-order valence-electron chi connectivity index (χ3n) is 5.23. The van der Waals surface area contributed by atoms with Crippen molar-refractivity contribution in [3.63, 3.8) is 0 Å². The van der Waals surface area contributed by atoms with E-state index in [-0.39, 0.29) is 23.4 Å². The van der Waals surface area contributed by atoms with Gasteiger partial charge in [0.05, 0.1) is 23.3 Å². The number of hydrogen-bond acceptors (Lipinski definition) is 4. The van der Waals surface area contributed by atoms with Crippen LogP contribution >= 0.6 is 11.6 Å². The number of rotatable bonds is 3. The molecule has 0 N–H and O–H groups in total. The number of halogens is 2. The maximum Gasteiger partial charge on any atom is 0.341 e. The van der Waals surface area contributed by atoms with Crippen molar-refractivity contribution >= 4 is 28.9 Å². The van der Waals surface area contributed by atoms with Gasteiger partial charge in [-0.15, -0.1) is 0 Å². The lowest BCUT2D eigenvalue weighted by Gasteiger charge is -2.37. The molecule has 2 aromatic carbocycles. The number of hydrogen-bond donors (Lipinski definition) is 0. The number of Topliss-reactive ketones (excluding diaryl/α,β-unsaturated/α-hetero) is 1. The van der Waals surface area contributed by atoms with E-state index in [4.69, 9.17) is 21.1 Å². The standard InChI is InChI=1S/C22H18ClFO4/c23-14-7-5-13(6-8-14)18-12-27-20-11-15(9-10-17(20)21(18)25)28-22(26)16-3-1-2-4-19(16)24/h1-8,12,15,17,20H,9-11H2. The first-order valence-corrected chi connectivity index (χ1v) is 9.52. The van der Waals surface area contributed by atoms with Crippen LogP contribution in [0.1, 0.15) is 35.2 Å². The number of carbonyl (C=O) groups excluding carboxylic acids is 2. The van der Waals surface area contributed by atoms with Crippen molar-refractivity contribution in [1.29, 1.82) is 0 Å². The van der Waals surface area contributed by atoms with Gasteiger partial charge in [0.1, 0.15) is 18.0 Å². The van der Waals surface area contributed by atoms with Gasteiger partial charge in [0.2, 0.25) is 0 Å². The molecule has 3 atom stereocenters. The van der Waals surface area contributed by atoms with E-state index >= 15 is 0 Å². The average Bonchev–Trinajstić information content (AvgIpc) is 2.69. The van der Waals surface area contributed by atoms with Gasteiger partial charge in [0.15, 0.2) is 5.78 Å². The van der Waals surface area contributed by atoms with Crippen LogP contribution in [0.2, 0.25) is 5.02 Å². The van der Waals surface area contributed by atoms with Gasteiger partial charge in [-0.1, -0.05) is 35.9 Å². The lowest BCUT2D eigenvalue weighted by atomic mass is 9.78. The van der Waals surface area contributed by atoms with Crippen LogP contribution in [-0.4, -0.2) is 24.0 Å². The molecule has 0 amide bonds. The van der Waals surface area contributed by atoms with Crippen molar-refractivity contribution in [2.45, 2.75) is 31.5 Å². The summed E-state index contributed by atoms with van der Waals surface area (Å²) in [7, 11) is 0. The smallest absolute Gasteiger partial charge is 0.341 e. The van der Waals surface area contributed by atoms with Crippen LogP contribution in [0.15, 0.2) is 54.8 Å². The molecule has 2 aromatic rings. The Labute approximate surface area is 166 Å². The molecule has 3 unspecified atom stereocenters. The first kappa shape index (κ1) is 18.7. The normalized spacial score (nSPS) is 24.0. The van der Waals surface area contributed by atoms with E-state index in [9.17, 15) is 14.0 Å². The lowest BCUT2D eigenvalue weighted by molar-refractivity contribution is -0.126. The van der Waals surface area contributed by atoms with Crippen LogP contribution in [0.3, 0.4) is 0 Å². The topological polar surface area (TPSA) is 52.6 Å². The molecule has 6 heteroatoms. The summed E-state index contributed by atoms with van der Waals surface area (Å²) in [6, 6.07) is 12.8. The van der Waals surface area contributed by atoms with E-state index in [1.165, 1.54) is 24.5 Å². The number of carbonyl (C=O) groups is 2. The van der Waals surface area contributed by atoms with Crippen LogP contribution < -0.4 is 0 Å². The summed E-state index contributed by atoms with van der Waals surface area (Å²) < 4.78 is 25.0. The number of fused-ring (bicyclic) bond motifs is 1. The molecule has 144 valence electrons. The average molecular weight is 401 g/mol. The molecule has 0 aromatic heterocycles. The summed E-state index contributed by atoms with van der Waals surface area (Å²) in [5, 5.41) is 0.601. The third-order valence-corrected chi connectivity index (χ3v) is 5.48. The van der Waals surface area contributed by atoms with Crippen LogP contribution in [0.5, 0.6) is 0 Å². The van der Waals surface area contributed by atoms with Crippen molar-refractivity contribution in [2.24, 2.45) is 5.92 Å². The molecular weight excluding hydrogens is 383 g/mol. The van der Waals surface area contributed by atoms with Gasteiger partial charge >= 0.3 is 5.97 Å². The summed E-state index contributed by atoms with van der Waals surface area (Å²) in [5.41, 5.74) is 1.20. The molecular formula is C22H18ClFO4. The summed E-state index contributed by atoms with van der Waals surface area (Å²) in [5.74, 6) is -1.56. The number of esters is 1. The molecule has 28 heavy (non-hydrogen) atoms. The Kier molecular flexibility index (Phi) is 5.18. The number of ketones is 1. The summed E-state index contributed by atoms with van der Waals surface area (Å²) >= 11 is 5.91. The fraction of sp³-hybridized carbons (Fsp3) is 0.273. The predicted octanol–water partition coefficient (Wildman–Crippen LogP) is 4.81. The second-order valence-electron chi connectivity index (χ2n) is 7.00. The molecule has 0 radical (unpaired) electrons. The number of ether oxygens (including phenoxy) is 2. The van der Waals surface area contributed by atoms with Gasteiger partial charge in [-0.25, -0.2) is 9.18 Å². The van der Waals surface area contributed by atoms with Gasteiger partial charge in [-0.3, -0.25) is 4.79 Å². The molecule has 0 bridgehead atoms. The van der Waals surface area contributed by atoms with Crippen molar-refractivity contribution in [3.05, 3.63) is 76.8 Å². The minimum atomic E-state index is -0.693. The highest BCUT2D eigenvalue weighted by molar-refractivity contribution is 6.30. The predicted molar refractivity (Wildman–Crippen MR) is 102 cm³/mol. The first-order chi connectivity index (χ1) is 13.5. The van der Waals surface area contributed by atoms with Crippen molar-refractivity contribution < 1.29 is 23.5 Å². The van der Waals surface area contributed by atoms with Crippen LogP contribution in [0, 0.1) is 11.7 Å². The van der Waals surface area contributed by atoms with E-state index in [1.54, 1.807) is 30.3 Å². The SMILES string of the molecule is O=C(OC1CCC2C(=O)C(c3ccc(Cl)cc3)=COC2C1)c1ccccc1F. The van der Waals surface area contributed by atoms with Gasteiger partial charge in [-0.2, -0.15) is 0 Å². The number of benzene rings is 2. The van der Waals surface area contributed by atoms with Crippen molar-refractivity contribution in [1.82, 2.24) is 0 Å². The molecule has 1 fully saturated rings. The minimum Gasteiger partial charge on any atom is -0.496 e. The van der Waals surface area contributed by atoms with Gasteiger partial charge in [0.25, 0.3) is 0 Å². The molecule has 4 nitrogen and oxygen atoms in total. The van der Waals surface area contributed by atoms with E-state index < -0.39 is 17.9 Å². The Morgan fingerprint density at radius 3 is 2.61 bits per heavy atom. The minimum absolute atomic E-state index is 0.0254. The second kappa shape index (κ2) is 7.76. The van der Waals surface area contributed by atoms with Gasteiger partial charge < -0.3 is 9.47 Å². The summed E-state index contributed by atoms with van der Waals surface area (Å²) in [6.45, 7) is 0. The highest BCUT2D eigenvalue weighted by Crippen LogP contribution is 2.37. The Morgan fingerprint density at radius 2 is 1.86 bits per heavy atom. The Hall–Kier alpha value is -2.66. The Balaban J connectivity index is 1.44. The van der Waals surface area contributed by atoms with Crippen molar-refractivity contribution in [2.75, 3.05) is 0 Å². The van der Waals surface area contributed by atoms with Crippen LogP contribution in [0.4, 0.5) is 4.39 Å². The summed E-state index contributed by atoms with van der Waals surface area (Å²) in [6.07, 6.45) is 2.20. The summed E-state index contributed by atoms with van der Waals surface area (Å²) in [4.78, 5) is 25.1. The molecule has 4 rings (SSSR count). The monoisotopic (exact) mass is 400 g/mol. The zero-order valence-electron chi connectivity index (χ0n) is 14.9. The van der Waals surface area contributed by atoms with Crippen LogP contribution in [-0.2, 0) is 14.3 Å². The van der Waals surface area contributed by atoms with Gasteiger partial charge in [-0.05, 0) is 42.7 Å². The van der Waals surface area contributed by atoms with E-state index in [1.807, 2.05) is 0 Å². The van der Waals surface area contributed by atoms with E-state index in [2.05, 4.69) is 0 Å². The molecule has 1 heterocycles. The van der Waals surface area contributed by atoms with Crippen LogP contribution in [0.25, 0.3) is 5.57 Å². The molecule has 1 saturated carbocycles. The fourth-order valence-corrected chi connectivity index (χ4v) is 3.87. The quantitative estimate of drug-likeness (QED) is 0.693. The zero-order chi connectivity index (χ0) is 19.7. The molecule has 1 aliphatic heterocycles. The highest BCUT2D eigenvalue weighted by Gasteiger charge is 2.41. The third kappa shape index (κ3) is 3.67. The highest BCUT2D eigenvalue weighted by atomic mass is 35.5. The van der Waals surface area contributed by atoms with E-state index in [0.29, 0.717) is 29.9 Å². The maximum atomic E-state index is 13.8. The molecule has 0 spiro atoms. The molecule has 0 saturated heterocycles. The maximum absolute atomic E-state index is 13.8. The Morgan fingerprint density at radius 1 is 1.11 bits per heavy atom. The fourth-order valence-electron chi connectivity index (χ4n) is 3.74. The number of allylic oxidation sites excluding steroid dienone is 1. The second-order valence-corrected chi connectivity index (χ2v) is 7.44. The van der Waals surface area contributed by atoms with E-state index in [0.717, 1.165) is 5.56 Å². The lowest BCUT2D eigenvalue weighted by Crippen LogP contribution is -2.42. The zero-order valence-corrected chi connectivity index (χ0v) is 15.7. The first-order valence-electron chi connectivity index (χ1n) is 9.14. The van der Waals surface area contributed by atoms with Gasteiger partial charge in [0, 0.05) is 11.4 Å². The Bertz CT molecular complexity index is 938.